The number of aromatic nitrogens is 2. The van der Waals surface area contributed by atoms with Crippen molar-refractivity contribution in [1.29, 1.82) is 0 Å². The molecule has 0 fully saturated rings. The van der Waals surface area contributed by atoms with Crippen molar-refractivity contribution in [2.75, 3.05) is 11.9 Å². The van der Waals surface area contributed by atoms with Crippen LogP contribution in [0.3, 0.4) is 0 Å². The van der Waals surface area contributed by atoms with Gasteiger partial charge in [0.15, 0.2) is 11.6 Å². The van der Waals surface area contributed by atoms with Gasteiger partial charge < -0.3 is 10.1 Å². The number of thiazole rings is 1. The van der Waals surface area contributed by atoms with Gasteiger partial charge in [0.2, 0.25) is 0 Å². The first-order valence-electron chi connectivity index (χ1n) is 9.87. The van der Waals surface area contributed by atoms with Crippen molar-refractivity contribution in [3.8, 4) is 5.75 Å². The summed E-state index contributed by atoms with van der Waals surface area (Å²) in [6, 6.07) is 19.5. The lowest BCUT2D eigenvalue weighted by atomic mass is 10.2. The second-order valence-corrected chi connectivity index (χ2v) is 9.02. The Morgan fingerprint density at radius 1 is 1.09 bits per heavy atom. The summed E-state index contributed by atoms with van der Waals surface area (Å²) in [7, 11) is 0. The summed E-state index contributed by atoms with van der Waals surface area (Å²) >= 11 is 13.3. The van der Waals surface area contributed by atoms with Crippen molar-refractivity contribution in [3.63, 3.8) is 0 Å². The summed E-state index contributed by atoms with van der Waals surface area (Å²) in [5.41, 5.74) is 2.76. The van der Waals surface area contributed by atoms with E-state index in [1.807, 2.05) is 42.5 Å². The maximum atomic E-state index is 12.9. The first kappa shape index (κ1) is 21.5. The number of hydrogen-bond donors (Lipinski definition) is 1. The summed E-state index contributed by atoms with van der Waals surface area (Å²) in [4.78, 5) is 30.2. The highest BCUT2D eigenvalue weighted by molar-refractivity contribution is 7.15. The zero-order chi connectivity index (χ0) is 22.9. The van der Waals surface area contributed by atoms with Gasteiger partial charge in [0.05, 0.1) is 26.3 Å². The molecule has 164 valence electrons. The van der Waals surface area contributed by atoms with Gasteiger partial charge in [-0.25, -0.2) is 9.38 Å². The number of halogens is 2. The monoisotopic (exact) mass is 495 g/mol. The molecule has 0 atom stereocenters. The Hall–Kier alpha value is -3.39. The van der Waals surface area contributed by atoms with Crippen molar-refractivity contribution >= 4 is 68.2 Å². The van der Waals surface area contributed by atoms with Crippen LogP contribution >= 0.6 is 34.5 Å². The van der Waals surface area contributed by atoms with Crippen molar-refractivity contribution in [1.82, 2.24) is 9.38 Å². The number of imidazole rings is 1. The number of carbonyl (C=O) groups excluding carboxylic acids is 1. The van der Waals surface area contributed by atoms with E-state index < -0.39 is 0 Å². The van der Waals surface area contributed by atoms with E-state index in [0.29, 0.717) is 31.0 Å². The molecule has 5 rings (SSSR count). The molecule has 1 amide bonds. The number of anilines is 1. The van der Waals surface area contributed by atoms with E-state index in [1.54, 1.807) is 34.7 Å². The molecule has 0 bridgehead atoms. The van der Waals surface area contributed by atoms with Gasteiger partial charge in [-0.3, -0.25) is 9.59 Å². The Labute approximate surface area is 201 Å². The Morgan fingerprint density at radius 3 is 2.70 bits per heavy atom. The SMILES string of the molecule is O=C(COc1ccc(/C=c2/sc3nc4ccccc4n3c2=O)cc1)Nc1cc(Cl)ccc1Cl. The molecule has 0 saturated carbocycles. The number of carbonyl (C=O) groups is 1. The summed E-state index contributed by atoms with van der Waals surface area (Å²) < 4.78 is 7.77. The molecule has 3 aromatic carbocycles. The predicted octanol–water partition coefficient (Wildman–Crippen LogP) is 4.78. The number of nitrogens with zero attached hydrogens (tertiary/aromatic N) is 2. The molecule has 2 heterocycles. The zero-order valence-electron chi connectivity index (χ0n) is 16.9. The van der Waals surface area contributed by atoms with E-state index in [-0.39, 0.29) is 18.1 Å². The van der Waals surface area contributed by atoms with Crippen LogP contribution in [0.2, 0.25) is 10.0 Å². The lowest BCUT2D eigenvalue weighted by molar-refractivity contribution is -0.118. The second-order valence-electron chi connectivity index (χ2n) is 7.16. The normalized spacial score (nSPS) is 11.9. The molecule has 0 radical (unpaired) electrons. The van der Waals surface area contributed by atoms with Gasteiger partial charge >= 0.3 is 0 Å². The van der Waals surface area contributed by atoms with Crippen molar-refractivity contribution < 1.29 is 9.53 Å². The summed E-state index contributed by atoms with van der Waals surface area (Å²) in [5.74, 6) is 0.161. The Morgan fingerprint density at radius 2 is 1.88 bits per heavy atom. The number of fused-ring (bicyclic) bond motifs is 3. The average Bonchev–Trinajstić information content (AvgIpc) is 3.32. The lowest BCUT2D eigenvalue weighted by Gasteiger charge is -2.09. The van der Waals surface area contributed by atoms with Gasteiger partial charge in [-0.05, 0) is 54.1 Å². The smallest absolute Gasteiger partial charge is 0.274 e. The molecular weight excluding hydrogens is 481 g/mol. The van der Waals surface area contributed by atoms with Crippen LogP contribution in [0, 0.1) is 0 Å². The van der Waals surface area contributed by atoms with Crippen LogP contribution in [0.15, 0.2) is 71.5 Å². The minimum absolute atomic E-state index is 0.0969. The molecule has 0 spiro atoms. The molecule has 0 aliphatic rings. The highest BCUT2D eigenvalue weighted by Crippen LogP contribution is 2.25. The third-order valence-electron chi connectivity index (χ3n) is 4.90. The summed E-state index contributed by atoms with van der Waals surface area (Å²) in [6.45, 7) is -0.189. The zero-order valence-corrected chi connectivity index (χ0v) is 19.2. The van der Waals surface area contributed by atoms with Crippen molar-refractivity contribution in [2.24, 2.45) is 0 Å². The minimum Gasteiger partial charge on any atom is -0.484 e. The average molecular weight is 496 g/mol. The molecular formula is C24H15Cl2N3O3S. The van der Waals surface area contributed by atoms with E-state index >= 15 is 0 Å². The fourth-order valence-electron chi connectivity index (χ4n) is 3.35. The largest absolute Gasteiger partial charge is 0.484 e. The molecule has 1 N–H and O–H groups in total. The molecule has 9 heteroatoms. The van der Waals surface area contributed by atoms with Crippen LogP contribution in [0.4, 0.5) is 5.69 Å². The van der Waals surface area contributed by atoms with Gasteiger partial charge in [-0.1, -0.05) is 58.8 Å². The fraction of sp³-hybridized carbons (Fsp3) is 0.0417. The van der Waals surface area contributed by atoms with Crippen LogP contribution in [0.1, 0.15) is 5.56 Å². The third kappa shape index (κ3) is 4.43. The molecule has 0 unspecified atom stereocenters. The summed E-state index contributed by atoms with van der Waals surface area (Å²) in [5, 5.41) is 3.52. The Kier molecular flexibility index (Phi) is 5.76. The van der Waals surface area contributed by atoms with E-state index in [4.69, 9.17) is 27.9 Å². The standard InChI is InChI=1S/C24H15Cl2N3O3S/c25-15-7-10-17(26)19(12-15)27-22(30)13-32-16-8-5-14(6-9-16)11-21-23(31)29-20-4-2-1-3-18(20)28-24(29)33-21/h1-12H,13H2,(H,27,30)/b21-11+. The molecule has 0 aliphatic heterocycles. The quantitative estimate of drug-likeness (QED) is 0.380. The van der Waals surface area contributed by atoms with E-state index in [2.05, 4.69) is 10.3 Å². The Bertz CT molecular complexity index is 1610. The molecule has 6 nitrogen and oxygen atoms in total. The van der Waals surface area contributed by atoms with Crippen LogP contribution in [0.5, 0.6) is 5.75 Å². The maximum Gasteiger partial charge on any atom is 0.274 e. The van der Waals surface area contributed by atoms with Crippen LogP contribution in [0.25, 0.3) is 22.1 Å². The fourth-order valence-corrected chi connectivity index (χ4v) is 4.68. The number of ether oxygens (including phenoxy) is 1. The molecule has 0 aliphatic carbocycles. The Balaban J connectivity index is 1.29. The first-order chi connectivity index (χ1) is 16.0. The number of amides is 1. The van der Waals surface area contributed by atoms with Crippen molar-refractivity contribution in [2.45, 2.75) is 0 Å². The van der Waals surface area contributed by atoms with Crippen molar-refractivity contribution in [3.05, 3.63) is 97.2 Å². The number of para-hydroxylation sites is 2. The van der Waals surface area contributed by atoms with E-state index in [0.717, 1.165) is 16.6 Å². The topological polar surface area (TPSA) is 72.7 Å². The van der Waals surface area contributed by atoms with Gasteiger partial charge in [-0.15, -0.1) is 0 Å². The molecule has 5 aromatic rings. The van der Waals surface area contributed by atoms with E-state index in [1.165, 1.54) is 11.3 Å². The van der Waals surface area contributed by atoms with Gasteiger partial charge in [0, 0.05) is 5.02 Å². The molecule has 2 aromatic heterocycles. The highest BCUT2D eigenvalue weighted by Gasteiger charge is 2.11. The molecule has 33 heavy (non-hydrogen) atoms. The van der Waals surface area contributed by atoms with Gasteiger partial charge in [0.1, 0.15) is 5.75 Å². The number of benzene rings is 3. The minimum atomic E-state index is -0.361. The lowest BCUT2D eigenvalue weighted by Crippen LogP contribution is -2.22. The number of rotatable bonds is 5. The third-order valence-corrected chi connectivity index (χ3v) is 6.43. The summed E-state index contributed by atoms with van der Waals surface area (Å²) in [6.07, 6.45) is 1.81. The van der Waals surface area contributed by atoms with Crippen LogP contribution in [-0.4, -0.2) is 21.9 Å². The van der Waals surface area contributed by atoms with Gasteiger partial charge in [-0.2, -0.15) is 0 Å². The van der Waals surface area contributed by atoms with Crippen LogP contribution in [-0.2, 0) is 4.79 Å². The first-order valence-corrected chi connectivity index (χ1v) is 11.4. The highest BCUT2D eigenvalue weighted by atomic mass is 35.5. The second kappa shape index (κ2) is 8.86. The van der Waals surface area contributed by atoms with E-state index in [9.17, 15) is 9.59 Å². The van der Waals surface area contributed by atoms with Crippen LogP contribution < -0.4 is 20.1 Å². The molecule has 0 saturated heterocycles. The van der Waals surface area contributed by atoms with Gasteiger partial charge in [0.25, 0.3) is 11.5 Å². The maximum absolute atomic E-state index is 12.9. The number of hydrogen-bond acceptors (Lipinski definition) is 5. The predicted molar refractivity (Wildman–Crippen MR) is 133 cm³/mol. The number of nitrogens with one attached hydrogen (secondary N) is 1.